The third kappa shape index (κ3) is 3.06. The molecule has 102 valence electrons. The number of carbonyl (C=O) groups is 1. The van der Waals surface area contributed by atoms with Crippen molar-refractivity contribution < 1.29 is 14.1 Å². The van der Waals surface area contributed by atoms with Crippen LogP contribution in [0.3, 0.4) is 0 Å². The number of nitro groups is 1. The van der Waals surface area contributed by atoms with E-state index in [-0.39, 0.29) is 29.3 Å². The zero-order valence-corrected chi connectivity index (χ0v) is 10.8. The van der Waals surface area contributed by atoms with Gasteiger partial charge in [0.05, 0.1) is 10.5 Å². The summed E-state index contributed by atoms with van der Waals surface area (Å²) in [5, 5.41) is 10.9. The largest absolute Gasteiger partial charge is 0.294 e. The summed E-state index contributed by atoms with van der Waals surface area (Å²) in [6.07, 6.45) is 0.00454. The monoisotopic (exact) mass is 273 g/mol. The number of rotatable bonds is 4. The van der Waals surface area contributed by atoms with Crippen molar-refractivity contribution >= 4 is 11.5 Å². The van der Waals surface area contributed by atoms with Crippen LogP contribution in [0.4, 0.5) is 10.1 Å². The van der Waals surface area contributed by atoms with Crippen LogP contribution < -0.4 is 0 Å². The molecule has 0 unspecified atom stereocenters. The highest BCUT2D eigenvalue weighted by Gasteiger charge is 2.20. The van der Waals surface area contributed by atoms with Gasteiger partial charge in [0.2, 0.25) is 0 Å². The molecular weight excluding hydrogens is 261 g/mol. The molecule has 0 saturated carbocycles. The van der Waals surface area contributed by atoms with Crippen LogP contribution in [-0.4, -0.2) is 10.7 Å². The first kappa shape index (κ1) is 13.9. The Bertz CT molecular complexity index is 665. The molecule has 0 fully saturated rings. The summed E-state index contributed by atoms with van der Waals surface area (Å²) in [5.74, 6) is -0.741. The van der Waals surface area contributed by atoms with E-state index >= 15 is 0 Å². The highest BCUT2D eigenvalue weighted by molar-refractivity contribution is 6.01. The zero-order chi connectivity index (χ0) is 14.7. The summed E-state index contributed by atoms with van der Waals surface area (Å²) in [6.45, 7) is 1.76. The molecule has 0 saturated heterocycles. The number of hydrogen-bond acceptors (Lipinski definition) is 3. The molecule has 2 rings (SSSR count). The van der Waals surface area contributed by atoms with Gasteiger partial charge in [-0.05, 0) is 36.2 Å². The molecule has 0 heterocycles. The smallest absolute Gasteiger partial charge is 0.280 e. The van der Waals surface area contributed by atoms with Crippen molar-refractivity contribution in [3.05, 3.63) is 75.1 Å². The highest BCUT2D eigenvalue weighted by Crippen LogP contribution is 2.21. The quantitative estimate of drug-likeness (QED) is 0.487. The van der Waals surface area contributed by atoms with E-state index in [0.29, 0.717) is 5.56 Å². The molecule has 20 heavy (non-hydrogen) atoms. The first-order valence-corrected chi connectivity index (χ1v) is 6.00. The topological polar surface area (TPSA) is 60.2 Å². The van der Waals surface area contributed by atoms with Gasteiger partial charge >= 0.3 is 0 Å². The summed E-state index contributed by atoms with van der Waals surface area (Å²) in [5.41, 5.74) is 1.27. The number of carbonyl (C=O) groups excluding carboxylic acids is 1. The molecule has 0 N–H and O–H groups in total. The van der Waals surface area contributed by atoms with Crippen molar-refractivity contribution in [3.63, 3.8) is 0 Å². The lowest BCUT2D eigenvalue weighted by molar-refractivity contribution is -0.385. The van der Waals surface area contributed by atoms with Crippen LogP contribution in [0.25, 0.3) is 0 Å². The van der Waals surface area contributed by atoms with E-state index in [0.717, 1.165) is 5.56 Å². The average molecular weight is 273 g/mol. The van der Waals surface area contributed by atoms with Gasteiger partial charge in [-0.1, -0.05) is 18.2 Å². The SMILES string of the molecule is Cc1ccc([N+](=O)[O-])c(C(=O)Cc2ccc(F)cc2)c1. The van der Waals surface area contributed by atoms with Gasteiger partial charge in [0.25, 0.3) is 5.69 Å². The lowest BCUT2D eigenvalue weighted by atomic mass is 10.00. The van der Waals surface area contributed by atoms with E-state index in [1.165, 1.54) is 36.4 Å². The van der Waals surface area contributed by atoms with Crippen molar-refractivity contribution in [2.45, 2.75) is 13.3 Å². The average Bonchev–Trinajstić information content (AvgIpc) is 2.41. The summed E-state index contributed by atoms with van der Waals surface area (Å²) in [7, 11) is 0. The van der Waals surface area contributed by atoms with E-state index in [9.17, 15) is 19.3 Å². The highest BCUT2D eigenvalue weighted by atomic mass is 19.1. The van der Waals surface area contributed by atoms with Crippen LogP contribution in [-0.2, 0) is 6.42 Å². The molecule has 0 aliphatic rings. The summed E-state index contributed by atoms with van der Waals surface area (Å²) >= 11 is 0. The number of hydrogen-bond donors (Lipinski definition) is 0. The normalized spacial score (nSPS) is 10.3. The molecule has 0 aromatic heterocycles. The van der Waals surface area contributed by atoms with Crippen molar-refractivity contribution in [1.29, 1.82) is 0 Å². The fraction of sp³-hybridized carbons (Fsp3) is 0.133. The van der Waals surface area contributed by atoms with Gasteiger partial charge in [-0.15, -0.1) is 0 Å². The Hall–Kier alpha value is -2.56. The summed E-state index contributed by atoms with van der Waals surface area (Å²) in [6, 6.07) is 9.92. The van der Waals surface area contributed by atoms with Crippen LogP contribution in [0.1, 0.15) is 21.5 Å². The maximum absolute atomic E-state index is 12.8. The van der Waals surface area contributed by atoms with E-state index in [4.69, 9.17) is 0 Å². The lowest BCUT2D eigenvalue weighted by Gasteiger charge is -2.04. The van der Waals surface area contributed by atoms with Crippen LogP contribution >= 0.6 is 0 Å². The Balaban J connectivity index is 2.31. The summed E-state index contributed by atoms with van der Waals surface area (Å²) < 4.78 is 12.8. The van der Waals surface area contributed by atoms with Crippen LogP contribution in [0.15, 0.2) is 42.5 Å². The number of aryl methyl sites for hydroxylation is 1. The number of nitrogens with zero attached hydrogens (tertiary/aromatic N) is 1. The van der Waals surface area contributed by atoms with Gasteiger partial charge in [0.1, 0.15) is 5.82 Å². The van der Waals surface area contributed by atoms with Gasteiger partial charge in [0, 0.05) is 12.5 Å². The van der Waals surface area contributed by atoms with E-state index in [1.807, 2.05) is 0 Å². The van der Waals surface area contributed by atoms with Crippen LogP contribution in [0.2, 0.25) is 0 Å². The van der Waals surface area contributed by atoms with Gasteiger partial charge in [-0.3, -0.25) is 14.9 Å². The Morgan fingerprint density at radius 3 is 2.45 bits per heavy atom. The molecule has 4 nitrogen and oxygen atoms in total. The lowest BCUT2D eigenvalue weighted by Crippen LogP contribution is -2.07. The molecule has 0 atom stereocenters. The minimum atomic E-state index is -0.572. The molecule has 2 aromatic rings. The standard InChI is InChI=1S/C15H12FNO3/c1-10-2-7-14(17(19)20)13(8-10)15(18)9-11-3-5-12(16)6-4-11/h2-8H,9H2,1H3. The second kappa shape index (κ2) is 5.61. The molecule has 0 aliphatic heterocycles. The number of benzene rings is 2. The minimum Gasteiger partial charge on any atom is -0.294 e. The predicted molar refractivity (Wildman–Crippen MR) is 72.3 cm³/mol. The second-order valence-corrected chi connectivity index (χ2v) is 4.50. The fourth-order valence-corrected chi connectivity index (χ4v) is 1.92. The maximum atomic E-state index is 12.8. The van der Waals surface area contributed by atoms with Crippen molar-refractivity contribution in [3.8, 4) is 0 Å². The van der Waals surface area contributed by atoms with Gasteiger partial charge in [0.15, 0.2) is 5.78 Å². The van der Waals surface area contributed by atoms with Gasteiger partial charge in [-0.25, -0.2) is 4.39 Å². The van der Waals surface area contributed by atoms with E-state index < -0.39 is 4.92 Å². The number of nitro benzene ring substituents is 1. The molecular formula is C15H12FNO3. The Kier molecular flexibility index (Phi) is 3.89. The molecule has 2 aromatic carbocycles. The first-order valence-electron chi connectivity index (χ1n) is 6.00. The molecule has 0 spiro atoms. The Morgan fingerprint density at radius 1 is 1.20 bits per heavy atom. The Labute approximate surface area is 115 Å². The van der Waals surface area contributed by atoms with Crippen molar-refractivity contribution in [2.24, 2.45) is 0 Å². The summed E-state index contributed by atoms with van der Waals surface area (Å²) in [4.78, 5) is 22.5. The Morgan fingerprint density at radius 2 is 1.85 bits per heavy atom. The maximum Gasteiger partial charge on any atom is 0.280 e. The molecule has 0 aliphatic carbocycles. The third-order valence-electron chi connectivity index (χ3n) is 2.93. The molecule has 0 bridgehead atoms. The third-order valence-corrected chi connectivity index (χ3v) is 2.93. The van der Waals surface area contributed by atoms with E-state index in [2.05, 4.69) is 0 Å². The van der Waals surface area contributed by atoms with Crippen LogP contribution in [0.5, 0.6) is 0 Å². The first-order chi connectivity index (χ1) is 9.47. The van der Waals surface area contributed by atoms with E-state index in [1.54, 1.807) is 13.0 Å². The van der Waals surface area contributed by atoms with Gasteiger partial charge < -0.3 is 0 Å². The molecule has 5 heteroatoms. The second-order valence-electron chi connectivity index (χ2n) is 4.50. The van der Waals surface area contributed by atoms with Crippen molar-refractivity contribution in [1.82, 2.24) is 0 Å². The van der Waals surface area contributed by atoms with Crippen molar-refractivity contribution in [2.75, 3.05) is 0 Å². The zero-order valence-electron chi connectivity index (χ0n) is 10.8. The van der Waals surface area contributed by atoms with Gasteiger partial charge in [-0.2, -0.15) is 0 Å². The number of Topliss-reactive ketones (excluding diaryl/α,β-unsaturated/α-hetero) is 1. The number of halogens is 1. The number of ketones is 1. The molecule has 0 radical (unpaired) electrons. The van der Waals surface area contributed by atoms with Crippen LogP contribution in [0, 0.1) is 22.9 Å². The minimum absolute atomic E-state index is 0.00454. The molecule has 0 amide bonds. The predicted octanol–water partition coefficient (Wildman–Crippen LogP) is 3.47. The fourth-order valence-electron chi connectivity index (χ4n) is 1.92.